The quantitative estimate of drug-likeness (QED) is 0.453. The number of pyridine rings is 1. The summed E-state index contributed by atoms with van der Waals surface area (Å²) in [5, 5.41) is 14.5. The van der Waals surface area contributed by atoms with Gasteiger partial charge in [-0.05, 0) is 42.8 Å². The van der Waals surface area contributed by atoms with Crippen molar-refractivity contribution in [2.24, 2.45) is 0 Å². The summed E-state index contributed by atoms with van der Waals surface area (Å²) in [4.78, 5) is 17.8. The van der Waals surface area contributed by atoms with E-state index in [1.165, 1.54) is 4.57 Å². The van der Waals surface area contributed by atoms with E-state index in [2.05, 4.69) is 16.2 Å². The Morgan fingerprint density at radius 1 is 1.06 bits per heavy atom. The molecular formula is C24H17N5O2. The first-order chi connectivity index (χ1) is 15.1. The maximum Gasteiger partial charge on any atom is 0.266 e. The molecule has 0 unspecified atom stereocenters. The van der Waals surface area contributed by atoms with Gasteiger partial charge in [-0.1, -0.05) is 24.3 Å². The normalized spacial score (nSPS) is 11.0. The van der Waals surface area contributed by atoms with Crippen LogP contribution in [0.5, 0.6) is 5.75 Å². The number of methoxy groups -OCH3 is 1. The second-order valence-corrected chi connectivity index (χ2v) is 7.10. The molecule has 7 heteroatoms. The molecule has 0 saturated carbocycles. The van der Waals surface area contributed by atoms with Gasteiger partial charge in [0, 0.05) is 18.0 Å². The molecule has 0 aliphatic heterocycles. The highest BCUT2D eigenvalue weighted by Crippen LogP contribution is 2.30. The Morgan fingerprint density at radius 3 is 2.58 bits per heavy atom. The molecule has 2 aromatic carbocycles. The topological polar surface area (TPSA) is 85.2 Å². The third-order valence-corrected chi connectivity index (χ3v) is 5.35. The molecule has 5 rings (SSSR count). The second kappa shape index (κ2) is 7.11. The fraction of sp³-hybridized carbons (Fsp3) is 0.0833. The lowest BCUT2D eigenvalue weighted by Gasteiger charge is -2.09. The second-order valence-electron chi connectivity index (χ2n) is 7.10. The number of hydrogen-bond acceptors (Lipinski definition) is 5. The van der Waals surface area contributed by atoms with Crippen LogP contribution in [0.25, 0.3) is 33.4 Å². The van der Waals surface area contributed by atoms with Gasteiger partial charge in [-0.15, -0.1) is 0 Å². The molecule has 0 aliphatic carbocycles. The molecule has 5 aromatic rings. The van der Waals surface area contributed by atoms with Crippen molar-refractivity contribution in [1.29, 1.82) is 5.26 Å². The first kappa shape index (κ1) is 18.6. The molecule has 0 amide bonds. The summed E-state index contributed by atoms with van der Waals surface area (Å²) in [6.07, 6.45) is 3.25. The van der Waals surface area contributed by atoms with Crippen LogP contribution in [0.15, 0.2) is 71.8 Å². The number of ether oxygens (including phenoxy) is 1. The minimum atomic E-state index is -0.256. The van der Waals surface area contributed by atoms with Crippen LogP contribution in [0.3, 0.4) is 0 Å². The third kappa shape index (κ3) is 2.85. The molecule has 31 heavy (non-hydrogen) atoms. The van der Waals surface area contributed by atoms with Crippen LogP contribution < -0.4 is 10.3 Å². The molecule has 0 atom stereocenters. The summed E-state index contributed by atoms with van der Waals surface area (Å²) >= 11 is 0. The minimum absolute atomic E-state index is 0.256. The van der Waals surface area contributed by atoms with E-state index in [1.54, 1.807) is 48.3 Å². The van der Waals surface area contributed by atoms with Crippen molar-refractivity contribution >= 4 is 16.6 Å². The standard InChI is InChI=1S/C24H17N5O2/c1-15-22(16-7-9-18(31-2)10-8-16)23-26-14-19-21(29(23)27-15)11-12-28(24(19)30)20-6-4-3-5-17(20)13-25/h3-12,14H,1-2H3. The number of aryl methyl sites for hydroxylation is 1. The first-order valence-electron chi connectivity index (χ1n) is 9.66. The van der Waals surface area contributed by atoms with E-state index in [-0.39, 0.29) is 5.56 Å². The van der Waals surface area contributed by atoms with Gasteiger partial charge in [0.15, 0.2) is 5.65 Å². The van der Waals surface area contributed by atoms with Gasteiger partial charge in [-0.25, -0.2) is 9.50 Å². The fourth-order valence-corrected chi connectivity index (χ4v) is 3.84. The highest BCUT2D eigenvalue weighted by atomic mass is 16.5. The number of para-hydroxylation sites is 1. The Labute approximate surface area is 177 Å². The molecule has 0 bridgehead atoms. The zero-order valence-electron chi connectivity index (χ0n) is 16.9. The van der Waals surface area contributed by atoms with Gasteiger partial charge in [-0.2, -0.15) is 10.4 Å². The number of aromatic nitrogens is 4. The highest BCUT2D eigenvalue weighted by Gasteiger charge is 2.17. The maximum absolute atomic E-state index is 13.2. The van der Waals surface area contributed by atoms with Crippen LogP contribution in [0.2, 0.25) is 0 Å². The van der Waals surface area contributed by atoms with Crippen molar-refractivity contribution in [3.05, 3.63) is 88.6 Å². The van der Waals surface area contributed by atoms with Gasteiger partial charge in [-0.3, -0.25) is 9.36 Å². The molecule has 0 aliphatic rings. The summed E-state index contributed by atoms with van der Waals surface area (Å²) in [7, 11) is 1.63. The first-order valence-corrected chi connectivity index (χ1v) is 9.66. The third-order valence-electron chi connectivity index (χ3n) is 5.35. The fourth-order valence-electron chi connectivity index (χ4n) is 3.84. The van der Waals surface area contributed by atoms with E-state index in [9.17, 15) is 10.1 Å². The average molecular weight is 407 g/mol. The lowest BCUT2D eigenvalue weighted by Crippen LogP contribution is -2.19. The number of nitrogens with zero attached hydrogens (tertiary/aromatic N) is 5. The summed E-state index contributed by atoms with van der Waals surface area (Å²) in [5.41, 5.74) is 4.72. The van der Waals surface area contributed by atoms with E-state index in [1.807, 2.05) is 37.3 Å². The summed E-state index contributed by atoms with van der Waals surface area (Å²) < 4.78 is 8.41. The van der Waals surface area contributed by atoms with E-state index < -0.39 is 0 Å². The maximum atomic E-state index is 13.2. The molecule has 3 aromatic heterocycles. The number of fused-ring (bicyclic) bond motifs is 3. The molecule has 7 nitrogen and oxygen atoms in total. The van der Waals surface area contributed by atoms with E-state index in [0.717, 1.165) is 22.6 Å². The zero-order chi connectivity index (χ0) is 21.5. The summed E-state index contributed by atoms with van der Waals surface area (Å²) in [6.45, 7) is 1.92. The van der Waals surface area contributed by atoms with Crippen molar-refractivity contribution in [1.82, 2.24) is 19.2 Å². The van der Waals surface area contributed by atoms with Crippen molar-refractivity contribution in [3.8, 4) is 28.6 Å². The Hall–Kier alpha value is -4.44. The molecule has 0 fully saturated rings. The molecular weight excluding hydrogens is 390 g/mol. The van der Waals surface area contributed by atoms with Crippen LogP contribution in [0.1, 0.15) is 11.3 Å². The van der Waals surface area contributed by atoms with Crippen LogP contribution >= 0.6 is 0 Å². The Morgan fingerprint density at radius 2 is 1.84 bits per heavy atom. The zero-order valence-corrected chi connectivity index (χ0v) is 16.9. The van der Waals surface area contributed by atoms with Gasteiger partial charge in [0.25, 0.3) is 5.56 Å². The molecule has 3 heterocycles. The van der Waals surface area contributed by atoms with Gasteiger partial charge < -0.3 is 4.74 Å². The Kier molecular flexibility index (Phi) is 4.26. The molecule has 150 valence electrons. The van der Waals surface area contributed by atoms with E-state index >= 15 is 0 Å². The van der Waals surface area contributed by atoms with E-state index in [0.29, 0.717) is 27.8 Å². The summed E-state index contributed by atoms with van der Waals surface area (Å²) in [5.74, 6) is 0.773. The smallest absolute Gasteiger partial charge is 0.266 e. The summed E-state index contributed by atoms with van der Waals surface area (Å²) in [6, 6.07) is 18.7. The van der Waals surface area contributed by atoms with Crippen molar-refractivity contribution in [2.45, 2.75) is 6.92 Å². The van der Waals surface area contributed by atoms with Gasteiger partial charge >= 0.3 is 0 Å². The Balaban J connectivity index is 1.74. The minimum Gasteiger partial charge on any atom is -0.497 e. The predicted molar refractivity (Wildman–Crippen MR) is 118 cm³/mol. The number of rotatable bonds is 3. The lowest BCUT2D eigenvalue weighted by atomic mass is 10.1. The van der Waals surface area contributed by atoms with Crippen LogP contribution in [-0.4, -0.2) is 26.3 Å². The average Bonchev–Trinajstić information content (AvgIpc) is 3.15. The number of benzene rings is 2. The molecule has 0 radical (unpaired) electrons. The Bertz CT molecular complexity index is 1560. The van der Waals surface area contributed by atoms with Gasteiger partial charge in [0.05, 0.1) is 35.0 Å². The largest absolute Gasteiger partial charge is 0.497 e. The number of nitriles is 1. The van der Waals surface area contributed by atoms with Crippen molar-refractivity contribution < 1.29 is 4.74 Å². The molecule has 0 N–H and O–H groups in total. The monoisotopic (exact) mass is 407 g/mol. The van der Waals surface area contributed by atoms with Crippen LogP contribution in [0.4, 0.5) is 0 Å². The van der Waals surface area contributed by atoms with Crippen LogP contribution in [0, 0.1) is 18.3 Å². The van der Waals surface area contributed by atoms with Crippen molar-refractivity contribution in [3.63, 3.8) is 0 Å². The highest BCUT2D eigenvalue weighted by molar-refractivity contribution is 5.86. The van der Waals surface area contributed by atoms with Gasteiger partial charge in [0.1, 0.15) is 11.8 Å². The van der Waals surface area contributed by atoms with Crippen LogP contribution in [-0.2, 0) is 0 Å². The molecule has 0 saturated heterocycles. The predicted octanol–water partition coefficient (Wildman–Crippen LogP) is 3.89. The SMILES string of the molecule is COc1ccc(-c2c(C)nn3c2ncc2c(=O)n(-c4ccccc4C#N)ccc23)cc1. The van der Waals surface area contributed by atoms with E-state index in [4.69, 9.17) is 4.74 Å². The number of hydrogen-bond donors (Lipinski definition) is 0. The van der Waals surface area contributed by atoms with Gasteiger partial charge in [0.2, 0.25) is 0 Å². The van der Waals surface area contributed by atoms with Crippen molar-refractivity contribution in [2.75, 3.05) is 7.11 Å². The molecule has 0 spiro atoms. The lowest BCUT2D eigenvalue weighted by molar-refractivity contribution is 0.415.